The first-order chi connectivity index (χ1) is 9.47. The highest BCUT2D eigenvalue weighted by Crippen LogP contribution is 2.63. The van der Waals surface area contributed by atoms with Gasteiger partial charge in [-0.25, -0.2) is 8.42 Å². The molecule has 2 rings (SSSR count). The van der Waals surface area contributed by atoms with Crippen LogP contribution in [0.5, 0.6) is 0 Å². The summed E-state index contributed by atoms with van der Waals surface area (Å²) in [7, 11) is -3.22. The van der Waals surface area contributed by atoms with Crippen molar-refractivity contribution >= 4 is 38.9 Å². The van der Waals surface area contributed by atoms with Crippen molar-refractivity contribution in [3.63, 3.8) is 0 Å². The second-order valence-electron chi connectivity index (χ2n) is 5.75. The molecular weight excluding hydrogens is 333 g/mol. The molecule has 1 saturated carbocycles. The van der Waals surface area contributed by atoms with Gasteiger partial charge in [0, 0.05) is 6.26 Å². The minimum atomic E-state index is -3.22. The maximum Gasteiger partial charge on any atom is 0.229 e. The molecule has 0 saturated heterocycles. The number of alkyl halides is 2. The zero-order valence-electron chi connectivity index (χ0n) is 12.0. The maximum atomic E-state index is 12.2. The number of halogens is 2. The van der Waals surface area contributed by atoms with Gasteiger partial charge in [-0.05, 0) is 38.0 Å². The number of amides is 1. The van der Waals surface area contributed by atoms with Gasteiger partial charge in [0.2, 0.25) is 5.91 Å². The Kier molecular flexibility index (Phi) is 4.06. The van der Waals surface area contributed by atoms with Crippen molar-refractivity contribution in [2.24, 2.45) is 5.41 Å². The van der Waals surface area contributed by atoms with E-state index in [4.69, 9.17) is 23.2 Å². The fraction of sp³-hybridized carbons (Fsp3) is 0.500. The molecule has 1 aliphatic carbocycles. The molecule has 1 aliphatic rings. The van der Waals surface area contributed by atoms with E-state index < -0.39 is 19.6 Å². The van der Waals surface area contributed by atoms with Gasteiger partial charge in [-0.15, -0.1) is 23.2 Å². The van der Waals surface area contributed by atoms with E-state index >= 15 is 0 Å². The summed E-state index contributed by atoms with van der Waals surface area (Å²) in [5.74, 6) is -0.202. The van der Waals surface area contributed by atoms with E-state index in [1.54, 1.807) is 19.1 Å². The molecule has 1 aromatic carbocycles. The minimum Gasteiger partial charge on any atom is -0.349 e. The average Bonchev–Trinajstić information content (AvgIpc) is 2.89. The van der Waals surface area contributed by atoms with Crippen molar-refractivity contribution in [2.75, 3.05) is 6.26 Å². The van der Waals surface area contributed by atoms with Crippen molar-refractivity contribution in [1.29, 1.82) is 0 Å². The van der Waals surface area contributed by atoms with Crippen molar-refractivity contribution < 1.29 is 13.2 Å². The largest absolute Gasteiger partial charge is 0.349 e. The van der Waals surface area contributed by atoms with Crippen molar-refractivity contribution in [3.8, 4) is 0 Å². The van der Waals surface area contributed by atoms with Gasteiger partial charge in [0.15, 0.2) is 9.84 Å². The number of hydrogen-bond acceptors (Lipinski definition) is 3. The second-order valence-corrected chi connectivity index (χ2v) is 9.25. The standard InChI is InChI=1S/C14H17Cl2NO3S/c1-9(17-12(18)13(2)8-14(13,15)16)10-4-6-11(7-5-10)21(3,19)20/h4-7,9H,8H2,1-3H3,(H,17,18). The molecule has 2 unspecified atom stereocenters. The molecule has 2 atom stereocenters. The Morgan fingerprint density at radius 2 is 1.76 bits per heavy atom. The molecule has 1 N–H and O–H groups in total. The van der Waals surface area contributed by atoms with Crippen LogP contribution >= 0.6 is 23.2 Å². The number of hydrogen-bond donors (Lipinski definition) is 1. The number of carbonyl (C=O) groups excluding carboxylic acids is 1. The minimum absolute atomic E-state index is 0.202. The molecule has 0 radical (unpaired) electrons. The lowest BCUT2D eigenvalue weighted by Gasteiger charge is -2.18. The molecule has 0 heterocycles. The molecule has 21 heavy (non-hydrogen) atoms. The van der Waals surface area contributed by atoms with E-state index in [0.717, 1.165) is 11.8 Å². The van der Waals surface area contributed by atoms with Gasteiger partial charge in [-0.2, -0.15) is 0 Å². The van der Waals surface area contributed by atoms with Crippen LogP contribution in [0.1, 0.15) is 31.9 Å². The zero-order chi connectivity index (χ0) is 16.1. The Morgan fingerprint density at radius 1 is 1.29 bits per heavy atom. The molecule has 0 aliphatic heterocycles. The van der Waals surface area contributed by atoms with Crippen LogP contribution in [0.3, 0.4) is 0 Å². The molecule has 1 aromatic rings. The Hall–Kier alpha value is -0.780. The fourth-order valence-corrected chi connectivity index (χ4v) is 3.43. The molecule has 7 heteroatoms. The predicted octanol–water partition coefficient (Wildman–Crippen LogP) is 2.85. The molecule has 1 fully saturated rings. The van der Waals surface area contributed by atoms with Gasteiger partial charge >= 0.3 is 0 Å². The summed E-state index contributed by atoms with van der Waals surface area (Å²) in [6, 6.07) is 6.17. The van der Waals surface area contributed by atoms with Crippen molar-refractivity contribution in [2.45, 2.75) is 35.5 Å². The fourth-order valence-electron chi connectivity index (χ4n) is 2.09. The van der Waals surface area contributed by atoms with Crippen LogP contribution in [0.2, 0.25) is 0 Å². The summed E-state index contributed by atoms with van der Waals surface area (Å²) in [5, 5.41) is 2.86. The molecule has 0 aromatic heterocycles. The van der Waals surface area contributed by atoms with Crippen LogP contribution in [0.25, 0.3) is 0 Å². The van der Waals surface area contributed by atoms with Crippen LogP contribution in [-0.4, -0.2) is 24.9 Å². The zero-order valence-corrected chi connectivity index (χ0v) is 14.3. The summed E-state index contributed by atoms with van der Waals surface area (Å²) in [6.45, 7) is 3.55. The molecule has 0 spiro atoms. The van der Waals surface area contributed by atoms with E-state index in [-0.39, 0.29) is 16.8 Å². The van der Waals surface area contributed by atoms with Gasteiger partial charge < -0.3 is 5.32 Å². The highest BCUT2D eigenvalue weighted by atomic mass is 35.5. The van der Waals surface area contributed by atoms with Crippen molar-refractivity contribution in [3.05, 3.63) is 29.8 Å². The summed E-state index contributed by atoms with van der Waals surface area (Å²) in [6.07, 6.45) is 1.58. The van der Waals surface area contributed by atoms with E-state index in [1.165, 1.54) is 12.1 Å². The third-order valence-corrected chi connectivity index (χ3v) is 6.14. The predicted molar refractivity (Wildman–Crippen MR) is 83.3 cm³/mol. The summed E-state index contributed by atoms with van der Waals surface area (Å²) >= 11 is 12.0. The van der Waals surface area contributed by atoms with Gasteiger partial charge in [0.05, 0.1) is 16.4 Å². The second kappa shape index (κ2) is 5.14. The summed E-state index contributed by atoms with van der Waals surface area (Å²) in [4.78, 5) is 12.4. The van der Waals surface area contributed by atoms with Gasteiger partial charge in [0.1, 0.15) is 4.33 Å². The Bertz CT molecular complexity index is 670. The van der Waals surface area contributed by atoms with Crippen LogP contribution in [0.4, 0.5) is 0 Å². The summed E-state index contributed by atoms with van der Waals surface area (Å²) in [5.41, 5.74) is 0.0478. The van der Waals surface area contributed by atoms with Crippen LogP contribution in [-0.2, 0) is 14.6 Å². The van der Waals surface area contributed by atoms with E-state index in [1.807, 2.05) is 6.92 Å². The Balaban J connectivity index is 2.08. The van der Waals surface area contributed by atoms with Crippen molar-refractivity contribution in [1.82, 2.24) is 5.32 Å². The van der Waals surface area contributed by atoms with Crippen LogP contribution < -0.4 is 5.32 Å². The SMILES string of the molecule is CC(NC(=O)C1(C)CC1(Cl)Cl)c1ccc(S(C)(=O)=O)cc1. The highest BCUT2D eigenvalue weighted by Gasteiger charge is 2.67. The maximum absolute atomic E-state index is 12.2. The van der Waals surface area contributed by atoms with E-state index in [9.17, 15) is 13.2 Å². The van der Waals surface area contributed by atoms with Crippen LogP contribution in [0.15, 0.2) is 29.2 Å². The molecule has 4 nitrogen and oxygen atoms in total. The average molecular weight is 350 g/mol. The van der Waals surface area contributed by atoms with Crippen LogP contribution in [0, 0.1) is 5.41 Å². The topological polar surface area (TPSA) is 63.2 Å². The van der Waals surface area contributed by atoms with Gasteiger partial charge in [-0.1, -0.05) is 12.1 Å². The summed E-state index contributed by atoms with van der Waals surface area (Å²) < 4.78 is 21.8. The quantitative estimate of drug-likeness (QED) is 0.850. The highest BCUT2D eigenvalue weighted by molar-refractivity contribution is 7.90. The Morgan fingerprint density at radius 3 is 2.14 bits per heavy atom. The number of nitrogens with one attached hydrogen (secondary N) is 1. The number of carbonyl (C=O) groups is 1. The number of benzene rings is 1. The third kappa shape index (κ3) is 3.20. The smallest absolute Gasteiger partial charge is 0.229 e. The van der Waals surface area contributed by atoms with E-state index in [0.29, 0.717) is 6.42 Å². The van der Waals surface area contributed by atoms with E-state index in [2.05, 4.69) is 5.32 Å². The first-order valence-electron chi connectivity index (χ1n) is 6.46. The lowest BCUT2D eigenvalue weighted by Crippen LogP contribution is -2.35. The molecule has 1 amide bonds. The molecule has 116 valence electrons. The molecule has 0 bridgehead atoms. The first-order valence-corrected chi connectivity index (χ1v) is 9.11. The first kappa shape index (κ1) is 16.6. The van der Waals surface area contributed by atoms with Gasteiger partial charge in [-0.3, -0.25) is 4.79 Å². The third-order valence-electron chi connectivity index (χ3n) is 3.91. The monoisotopic (exact) mass is 349 g/mol. The number of rotatable bonds is 4. The lowest BCUT2D eigenvalue weighted by atomic mass is 10.1. The molecular formula is C14H17Cl2NO3S. The number of sulfone groups is 1. The Labute approximate surface area is 134 Å². The van der Waals surface area contributed by atoms with Gasteiger partial charge in [0.25, 0.3) is 0 Å². The lowest BCUT2D eigenvalue weighted by molar-refractivity contribution is -0.126. The normalized spacial score (nSPS) is 25.2.